The number of Topliss-reactive ketones (excluding diaryl/α,β-unsaturated/α-hetero) is 1. The van der Waals surface area contributed by atoms with Crippen LogP contribution < -0.4 is 15.4 Å². The molecule has 0 atom stereocenters. The summed E-state index contributed by atoms with van der Waals surface area (Å²) in [5, 5.41) is 5.50. The first-order valence-electron chi connectivity index (χ1n) is 8.40. The fourth-order valence-corrected chi connectivity index (χ4v) is 2.44. The molecule has 0 aliphatic carbocycles. The molecule has 0 bridgehead atoms. The third-order valence-corrected chi connectivity index (χ3v) is 3.76. The van der Waals surface area contributed by atoms with E-state index >= 15 is 0 Å². The van der Waals surface area contributed by atoms with E-state index in [-0.39, 0.29) is 30.7 Å². The lowest BCUT2D eigenvalue weighted by Crippen LogP contribution is -2.36. The zero-order valence-electron chi connectivity index (χ0n) is 15.6. The number of hydrogen-bond acceptors (Lipinski definition) is 5. The van der Waals surface area contributed by atoms with Crippen molar-refractivity contribution in [1.29, 1.82) is 0 Å². The number of carbonyl (C=O) groups excluding carboxylic acids is 3. The monoisotopic (exact) mass is 369 g/mol. The number of nitrogens with zero attached hydrogens (tertiary/aromatic N) is 1. The highest BCUT2D eigenvalue weighted by atomic mass is 16.5. The Kier molecular flexibility index (Phi) is 7.08. The molecular formula is C20H23N3O4. The lowest BCUT2D eigenvalue weighted by atomic mass is 10.1. The number of nitrogens with one attached hydrogen (secondary N) is 2. The van der Waals surface area contributed by atoms with Crippen LogP contribution in [-0.2, 0) is 9.59 Å². The zero-order valence-corrected chi connectivity index (χ0v) is 15.6. The van der Waals surface area contributed by atoms with E-state index in [1.807, 2.05) is 0 Å². The molecule has 0 unspecified atom stereocenters. The molecule has 2 amide bonds. The van der Waals surface area contributed by atoms with Crippen molar-refractivity contribution in [3.05, 3.63) is 54.1 Å². The van der Waals surface area contributed by atoms with E-state index in [4.69, 9.17) is 4.74 Å². The Hall–Kier alpha value is -3.19. The summed E-state index contributed by atoms with van der Waals surface area (Å²) in [5.41, 5.74) is 1.81. The predicted molar refractivity (Wildman–Crippen MR) is 104 cm³/mol. The molecule has 27 heavy (non-hydrogen) atoms. The number of methoxy groups -OCH3 is 1. The minimum atomic E-state index is -0.248. The molecule has 0 heterocycles. The van der Waals surface area contributed by atoms with E-state index in [1.54, 1.807) is 67.6 Å². The van der Waals surface area contributed by atoms with Crippen LogP contribution in [0.4, 0.5) is 11.4 Å². The van der Waals surface area contributed by atoms with Gasteiger partial charge in [-0.3, -0.25) is 19.3 Å². The van der Waals surface area contributed by atoms with E-state index in [1.165, 1.54) is 6.92 Å². The predicted octanol–water partition coefficient (Wildman–Crippen LogP) is 2.41. The van der Waals surface area contributed by atoms with E-state index in [0.717, 1.165) is 0 Å². The van der Waals surface area contributed by atoms with Crippen molar-refractivity contribution in [3.8, 4) is 5.75 Å². The Morgan fingerprint density at radius 3 is 2.07 bits per heavy atom. The van der Waals surface area contributed by atoms with Crippen LogP contribution in [0.15, 0.2) is 48.5 Å². The molecule has 0 fully saturated rings. The summed E-state index contributed by atoms with van der Waals surface area (Å²) >= 11 is 0. The van der Waals surface area contributed by atoms with Crippen molar-refractivity contribution in [1.82, 2.24) is 4.90 Å². The van der Waals surface area contributed by atoms with Gasteiger partial charge in [0.05, 0.1) is 20.2 Å². The summed E-state index contributed by atoms with van der Waals surface area (Å²) in [6.07, 6.45) is 0. The first-order valence-corrected chi connectivity index (χ1v) is 8.40. The van der Waals surface area contributed by atoms with Crippen LogP contribution in [0.25, 0.3) is 0 Å². The van der Waals surface area contributed by atoms with Gasteiger partial charge in [-0.1, -0.05) is 6.07 Å². The highest BCUT2D eigenvalue weighted by molar-refractivity contribution is 5.96. The lowest BCUT2D eigenvalue weighted by molar-refractivity contribution is -0.119. The van der Waals surface area contributed by atoms with E-state index in [0.29, 0.717) is 22.7 Å². The number of anilines is 2. The summed E-state index contributed by atoms with van der Waals surface area (Å²) in [6, 6.07) is 13.7. The maximum Gasteiger partial charge on any atom is 0.238 e. The van der Waals surface area contributed by atoms with E-state index in [9.17, 15) is 14.4 Å². The SMILES string of the molecule is COc1cccc(NC(=O)CN(C)CC(=O)Nc2ccc(C(C)=O)cc2)c1. The van der Waals surface area contributed by atoms with Gasteiger partial charge in [-0.25, -0.2) is 0 Å². The van der Waals surface area contributed by atoms with Crippen molar-refractivity contribution in [2.24, 2.45) is 0 Å². The average Bonchev–Trinajstić information content (AvgIpc) is 2.61. The molecule has 0 radical (unpaired) electrons. The van der Waals surface area contributed by atoms with Crippen molar-refractivity contribution in [2.45, 2.75) is 6.92 Å². The molecule has 2 rings (SSSR count). The van der Waals surface area contributed by atoms with Gasteiger partial charge in [0.2, 0.25) is 11.8 Å². The zero-order chi connectivity index (χ0) is 19.8. The van der Waals surface area contributed by atoms with Crippen LogP contribution in [0.3, 0.4) is 0 Å². The quantitative estimate of drug-likeness (QED) is 0.698. The Morgan fingerprint density at radius 2 is 1.52 bits per heavy atom. The van der Waals surface area contributed by atoms with Gasteiger partial charge in [0.25, 0.3) is 0 Å². The van der Waals surface area contributed by atoms with Crippen LogP contribution in [0.5, 0.6) is 5.75 Å². The number of hydrogen-bond donors (Lipinski definition) is 2. The minimum absolute atomic E-state index is 0.0327. The van der Waals surface area contributed by atoms with E-state index < -0.39 is 0 Å². The van der Waals surface area contributed by atoms with Crippen LogP contribution in [-0.4, -0.2) is 49.7 Å². The Balaban J connectivity index is 1.81. The van der Waals surface area contributed by atoms with Gasteiger partial charge in [-0.15, -0.1) is 0 Å². The van der Waals surface area contributed by atoms with Crippen LogP contribution >= 0.6 is 0 Å². The number of likely N-dealkylation sites (N-methyl/N-ethyl adjacent to an activating group) is 1. The summed E-state index contributed by atoms with van der Waals surface area (Å²) in [5.74, 6) is 0.137. The largest absolute Gasteiger partial charge is 0.497 e. The van der Waals surface area contributed by atoms with Crippen LogP contribution in [0, 0.1) is 0 Å². The smallest absolute Gasteiger partial charge is 0.238 e. The minimum Gasteiger partial charge on any atom is -0.497 e. The molecule has 0 aromatic heterocycles. The van der Waals surface area contributed by atoms with Crippen LogP contribution in [0.1, 0.15) is 17.3 Å². The first kappa shape index (κ1) is 20.1. The molecule has 0 saturated carbocycles. The number of ether oxygens (including phenoxy) is 1. The van der Waals surface area contributed by atoms with E-state index in [2.05, 4.69) is 10.6 Å². The second kappa shape index (κ2) is 9.49. The van der Waals surface area contributed by atoms with Gasteiger partial charge in [-0.2, -0.15) is 0 Å². The molecular weight excluding hydrogens is 346 g/mol. The van der Waals surface area contributed by atoms with Gasteiger partial charge >= 0.3 is 0 Å². The van der Waals surface area contributed by atoms with Gasteiger partial charge in [0.15, 0.2) is 5.78 Å². The maximum atomic E-state index is 12.1. The molecule has 2 aromatic rings. The lowest BCUT2D eigenvalue weighted by Gasteiger charge is -2.16. The van der Waals surface area contributed by atoms with Crippen molar-refractivity contribution in [3.63, 3.8) is 0 Å². The number of rotatable bonds is 8. The highest BCUT2D eigenvalue weighted by Gasteiger charge is 2.12. The Labute approximate surface area is 158 Å². The molecule has 0 aliphatic heterocycles. The molecule has 0 aliphatic rings. The fraction of sp³-hybridized carbons (Fsp3) is 0.250. The number of carbonyl (C=O) groups is 3. The standard InChI is InChI=1S/C20H23N3O4/c1-14(24)15-7-9-16(10-8-15)21-19(25)12-23(2)13-20(26)22-17-5-4-6-18(11-17)27-3/h4-11H,12-13H2,1-3H3,(H,21,25)(H,22,26). The molecule has 7 heteroatoms. The van der Waals surface area contributed by atoms with Crippen molar-refractivity contribution < 1.29 is 19.1 Å². The molecule has 7 nitrogen and oxygen atoms in total. The van der Waals surface area contributed by atoms with Crippen molar-refractivity contribution in [2.75, 3.05) is 37.9 Å². The number of benzene rings is 2. The van der Waals surface area contributed by atoms with Gasteiger partial charge in [0.1, 0.15) is 5.75 Å². The normalized spacial score (nSPS) is 10.4. The molecule has 142 valence electrons. The summed E-state index contributed by atoms with van der Waals surface area (Å²) in [6.45, 7) is 1.60. The molecule has 2 aromatic carbocycles. The third-order valence-electron chi connectivity index (χ3n) is 3.76. The number of ketones is 1. The summed E-state index contributed by atoms with van der Waals surface area (Å²) in [4.78, 5) is 37.1. The second-order valence-corrected chi connectivity index (χ2v) is 6.13. The number of amides is 2. The Morgan fingerprint density at radius 1 is 0.926 bits per heavy atom. The molecule has 2 N–H and O–H groups in total. The summed E-state index contributed by atoms with van der Waals surface area (Å²) in [7, 11) is 3.24. The second-order valence-electron chi connectivity index (χ2n) is 6.13. The topological polar surface area (TPSA) is 87.7 Å². The first-order chi connectivity index (χ1) is 12.9. The fourth-order valence-electron chi connectivity index (χ4n) is 2.44. The van der Waals surface area contributed by atoms with Crippen LogP contribution in [0.2, 0.25) is 0 Å². The molecule has 0 saturated heterocycles. The Bertz CT molecular complexity index is 818. The third kappa shape index (κ3) is 6.56. The molecule has 0 spiro atoms. The average molecular weight is 369 g/mol. The van der Waals surface area contributed by atoms with Gasteiger partial charge in [-0.05, 0) is 50.4 Å². The van der Waals surface area contributed by atoms with Gasteiger partial charge in [0, 0.05) is 23.0 Å². The van der Waals surface area contributed by atoms with Crippen molar-refractivity contribution >= 4 is 29.0 Å². The highest BCUT2D eigenvalue weighted by Crippen LogP contribution is 2.16. The maximum absolute atomic E-state index is 12.1. The van der Waals surface area contributed by atoms with Gasteiger partial charge < -0.3 is 15.4 Å². The summed E-state index contributed by atoms with van der Waals surface area (Å²) < 4.78 is 5.11.